The standard InChI is InChI=1S/C10H10.C8H8O.C8H8.C3H3N/c1-3-9-7-5-6-8-10(9)4-2;1-2-7-3-5-8(9)6-4-7;1-2-8-6-4-3-5-7-8;1-2-3-4/h3-8H,1-2H2;2-6,9H,1H2;2-7H,1H2;2H,1H2. The third-order valence-electron chi connectivity index (χ3n) is 3.69. The molecule has 0 heterocycles. The highest BCUT2D eigenvalue weighted by molar-refractivity contribution is 5.63. The molecule has 156 valence electrons. The predicted octanol–water partition coefficient (Wildman–Crippen LogP) is 8.03. The lowest BCUT2D eigenvalue weighted by Gasteiger charge is -1.96. The van der Waals surface area contributed by atoms with E-state index in [1.54, 1.807) is 24.3 Å². The number of phenols is 1. The normalized spacial score (nSPS) is 8.10. The van der Waals surface area contributed by atoms with E-state index in [-0.39, 0.29) is 0 Å². The molecule has 0 aliphatic carbocycles. The van der Waals surface area contributed by atoms with Crippen molar-refractivity contribution in [3.8, 4) is 11.8 Å². The summed E-state index contributed by atoms with van der Waals surface area (Å²) in [6.45, 7) is 17.7. The van der Waals surface area contributed by atoms with E-state index >= 15 is 0 Å². The van der Waals surface area contributed by atoms with Crippen molar-refractivity contribution in [2.45, 2.75) is 0 Å². The average Bonchev–Trinajstić information content (AvgIpc) is 2.85. The van der Waals surface area contributed by atoms with Gasteiger partial charge in [-0.1, -0.05) is 124 Å². The van der Waals surface area contributed by atoms with Gasteiger partial charge in [0.15, 0.2) is 0 Å². The van der Waals surface area contributed by atoms with E-state index in [4.69, 9.17) is 10.4 Å². The van der Waals surface area contributed by atoms with Crippen LogP contribution in [0.3, 0.4) is 0 Å². The largest absolute Gasteiger partial charge is 0.508 e. The number of aromatic hydroxyl groups is 1. The molecule has 2 nitrogen and oxygen atoms in total. The lowest BCUT2D eigenvalue weighted by Crippen LogP contribution is -1.76. The minimum Gasteiger partial charge on any atom is -0.508 e. The predicted molar refractivity (Wildman–Crippen MR) is 137 cm³/mol. The van der Waals surface area contributed by atoms with Crippen LogP contribution < -0.4 is 0 Å². The number of rotatable bonds is 4. The van der Waals surface area contributed by atoms with Crippen molar-refractivity contribution in [1.29, 1.82) is 5.26 Å². The molecule has 0 fully saturated rings. The second-order valence-corrected chi connectivity index (χ2v) is 5.78. The number of hydrogen-bond acceptors (Lipinski definition) is 2. The fourth-order valence-electron chi connectivity index (χ4n) is 2.08. The minimum absolute atomic E-state index is 0.292. The smallest absolute Gasteiger partial charge is 0.115 e. The quantitative estimate of drug-likeness (QED) is 0.445. The Bertz CT molecular complexity index is 950. The number of nitrogens with zero attached hydrogens (tertiary/aromatic N) is 1. The van der Waals surface area contributed by atoms with E-state index in [2.05, 4.69) is 32.9 Å². The van der Waals surface area contributed by atoms with Crippen LogP contribution in [0.15, 0.2) is 118 Å². The molecule has 0 aliphatic rings. The summed E-state index contributed by atoms with van der Waals surface area (Å²) < 4.78 is 0. The van der Waals surface area contributed by atoms with E-state index < -0.39 is 0 Å². The summed E-state index contributed by atoms with van der Waals surface area (Å²) in [6, 6.07) is 26.6. The van der Waals surface area contributed by atoms with Gasteiger partial charge in [0.05, 0.1) is 6.07 Å². The summed E-state index contributed by atoms with van der Waals surface area (Å²) in [4.78, 5) is 0. The molecule has 0 radical (unpaired) electrons. The molecule has 3 rings (SSSR count). The van der Waals surface area contributed by atoms with E-state index in [1.807, 2.05) is 85.0 Å². The van der Waals surface area contributed by atoms with Crippen molar-refractivity contribution < 1.29 is 5.11 Å². The molecule has 0 aromatic heterocycles. The third-order valence-corrected chi connectivity index (χ3v) is 3.69. The lowest BCUT2D eigenvalue weighted by molar-refractivity contribution is 0.475. The molecule has 0 atom stereocenters. The van der Waals surface area contributed by atoms with Crippen LogP contribution in [-0.4, -0.2) is 5.11 Å². The van der Waals surface area contributed by atoms with Crippen LogP contribution in [0.2, 0.25) is 0 Å². The van der Waals surface area contributed by atoms with Gasteiger partial charge in [-0.15, -0.1) is 0 Å². The summed E-state index contributed by atoms with van der Waals surface area (Å²) in [6.07, 6.45) is 8.41. The SMILES string of the molecule is C=CC#N.C=Cc1ccc(O)cc1.C=Cc1ccccc1.C=Cc1ccccc1C=C. The highest BCUT2D eigenvalue weighted by Gasteiger charge is 1.89. The highest BCUT2D eigenvalue weighted by Crippen LogP contribution is 2.10. The second-order valence-electron chi connectivity index (χ2n) is 5.78. The maximum absolute atomic E-state index is 8.82. The minimum atomic E-state index is 0.292. The molecular weight excluding hydrogens is 378 g/mol. The van der Waals surface area contributed by atoms with Crippen molar-refractivity contribution in [2.24, 2.45) is 0 Å². The van der Waals surface area contributed by atoms with E-state index in [0.29, 0.717) is 5.75 Å². The maximum atomic E-state index is 8.82. The summed E-state index contributed by atoms with van der Waals surface area (Å²) in [7, 11) is 0. The fourth-order valence-corrected chi connectivity index (χ4v) is 2.08. The Morgan fingerprint density at radius 1 is 0.581 bits per heavy atom. The van der Waals surface area contributed by atoms with Crippen molar-refractivity contribution in [2.75, 3.05) is 0 Å². The molecule has 0 aliphatic heterocycles. The van der Waals surface area contributed by atoms with Crippen molar-refractivity contribution >= 4 is 24.3 Å². The fraction of sp³-hybridized carbons (Fsp3) is 0. The third kappa shape index (κ3) is 12.7. The van der Waals surface area contributed by atoms with Gasteiger partial charge in [0.1, 0.15) is 5.75 Å². The Morgan fingerprint density at radius 3 is 1.29 bits per heavy atom. The Balaban J connectivity index is 0.000000403. The molecule has 31 heavy (non-hydrogen) atoms. The summed E-state index contributed by atoms with van der Waals surface area (Å²) in [5.74, 6) is 0.292. The highest BCUT2D eigenvalue weighted by atomic mass is 16.3. The van der Waals surface area contributed by atoms with Crippen LogP contribution in [0.1, 0.15) is 22.3 Å². The zero-order chi connectivity index (χ0) is 23.3. The molecule has 0 bridgehead atoms. The molecule has 0 saturated carbocycles. The van der Waals surface area contributed by atoms with E-state index in [9.17, 15) is 0 Å². The number of phenolic OH excluding ortho intramolecular Hbond substituents is 1. The molecule has 0 unspecified atom stereocenters. The van der Waals surface area contributed by atoms with Gasteiger partial charge in [-0.3, -0.25) is 0 Å². The van der Waals surface area contributed by atoms with Crippen LogP contribution in [0.5, 0.6) is 5.75 Å². The van der Waals surface area contributed by atoms with Gasteiger partial charge >= 0.3 is 0 Å². The van der Waals surface area contributed by atoms with Crippen LogP contribution in [0.4, 0.5) is 0 Å². The molecule has 3 aromatic rings. The molecule has 1 N–H and O–H groups in total. The first-order valence-corrected chi connectivity index (χ1v) is 9.49. The monoisotopic (exact) mass is 407 g/mol. The number of allylic oxidation sites excluding steroid dienone is 1. The van der Waals surface area contributed by atoms with Crippen molar-refractivity contribution in [3.05, 3.63) is 140 Å². The lowest BCUT2D eigenvalue weighted by atomic mass is 10.1. The molecule has 0 amide bonds. The number of nitriles is 1. The molecule has 3 aromatic carbocycles. The van der Waals surface area contributed by atoms with Gasteiger partial charge in [0, 0.05) is 6.08 Å². The Kier molecular flexibility index (Phi) is 15.2. The molecule has 0 saturated heterocycles. The first kappa shape index (κ1) is 26.6. The van der Waals surface area contributed by atoms with Crippen molar-refractivity contribution in [1.82, 2.24) is 0 Å². The van der Waals surface area contributed by atoms with Gasteiger partial charge in [0.25, 0.3) is 0 Å². The molecule has 0 spiro atoms. The van der Waals surface area contributed by atoms with E-state index in [0.717, 1.165) is 16.7 Å². The Morgan fingerprint density at radius 2 is 0.968 bits per heavy atom. The van der Waals surface area contributed by atoms with Crippen LogP contribution in [0, 0.1) is 11.3 Å². The van der Waals surface area contributed by atoms with Gasteiger partial charge < -0.3 is 5.11 Å². The first-order valence-electron chi connectivity index (χ1n) is 9.49. The van der Waals surface area contributed by atoms with Crippen LogP contribution >= 0.6 is 0 Å². The van der Waals surface area contributed by atoms with E-state index in [1.165, 1.54) is 11.6 Å². The summed E-state index contributed by atoms with van der Waals surface area (Å²) in [5.41, 5.74) is 4.47. The second kappa shape index (κ2) is 17.7. The summed E-state index contributed by atoms with van der Waals surface area (Å²) >= 11 is 0. The van der Waals surface area contributed by atoms with Crippen LogP contribution in [-0.2, 0) is 0 Å². The number of hydrogen-bond donors (Lipinski definition) is 1. The Hall–Kier alpha value is -4.35. The molecule has 2 heteroatoms. The Labute approximate surface area is 186 Å². The molecular formula is C29H29NO. The van der Waals surface area contributed by atoms with Gasteiger partial charge in [-0.25, -0.2) is 0 Å². The topological polar surface area (TPSA) is 44.0 Å². The maximum Gasteiger partial charge on any atom is 0.115 e. The van der Waals surface area contributed by atoms with Gasteiger partial charge in [0.2, 0.25) is 0 Å². The van der Waals surface area contributed by atoms with Gasteiger partial charge in [-0.05, 0) is 34.4 Å². The first-order chi connectivity index (χ1) is 15.1. The van der Waals surface area contributed by atoms with Gasteiger partial charge in [-0.2, -0.15) is 5.26 Å². The zero-order valence-electron chi connectivity index (χ0n) is 17.8. The summed E-state index contributed by atoms with van der Waals surface area (Å²) in [5, 5.41) is 16.3. The van der Waals surface area contributed by atoms with Crippen LogP contribution in [0.25, 0.3) is 24.3 Å². The zero-order valence-corrected chi connectivity index (χ0v) is 17.8. The van der Waals surface area contributed by atoms with Crippen molar-refractivity contribution in [3.63, 3.8) is 0 Å². The average molecular weight is 408 g/mol. The number of benzene rings is 3.